The van der Waals surface area contributed by atoms with Crippen molar-refractivity contribution in [1.29, 1.82) is 0 Å². The van der Waals surface area contributed by atoms with E-state index in [1.165, 1.54) is 0 Å². The van der Waals surface area contributed by atoms with Crippen LogP contribution in [0.5, 0.6) is 5.88 Å². The molecule has 96 valence electrons. The van der Waals surface area contributed by atoms with Crippen molar-refractivity contribution in [3.8, 4) is 5.88 Å². The molecule has 17 heavy (non-hydrogen) atoms. The summed E-state index contributed by atoms with van der Waals surface area (Å²) in [5.74, 6) is -1.01. The largest absolute Gasteiger partial charge is 0.574 e. The van der Waals surface area contributed by atoms with Gasteiger partial charge in [0.15, 0.2) is 0 Å². The van der Waals surface area contributed by atoms with Crippen LogP contribution in [0.1, 0.15) is 5.56 Å². The van der Waals surface area contributed by atoms with Crippen LogP contribution in [0, 0.1) is 6.92 Å². The van der Waals surface area contributed by atoms with E-state index in [0.717, 1.165) is 6.92 Å². The number of nitrogens with one attached hydrogen (secondary N) is 1. The summed E-state index contributed by atoms with van der Waals surface area (Å²) in [5, 5.41) is 4.74. The van der Waals surface area contributed by atoms with Gasteiger partial charge in [0.05, 0.1) is 4.90 Å². The zero-order chi connectivity index (χ0) is 13.4. The standard InChI is InChI=1S/C7H7F3N2O4S/c1-3-4(17(11,14)15)2-5(13)12-6(3)16-7(8,9)10/h2H,1H3,(H,12,13)(H2,11,14,15). The number of aromatic nitrogens is 1. The molecule has 6 nitrogen and oxygen atoms in total. The smallest absolute Gasteiger partial charge is 0.390 e. The lowest BCUT2D eigenvalue weighted by molar-refractivity contribution is -0.276. The van der Waals surface area contributed by atoms with E-state index in [4.69, 9.17) is 5.14 Å². The van der Waals surface area contributed by atoms with E-state index >= 15 is 0 Å². The molecule has 0 fully saturated rings. The van der Waals surface area contributed by atoms with Crippen LogP contribution in [-0.4, -0.2) is 19.8 Å². The molecule has 0 saturated heterocycles. The quantitative estimate of drug-likeness (QED) is 0.804. The summed E-state index contributed by atoms with van der Waals surface area (Å²) in [6, 6.07) is 0.577. The summed E-state index contributed by atoms with van der Waals surface area (Å²) >= 11 is 0. The van der Waals surface area contributed by atoms with Crippen LogP contribution >= 0.6 is 0 Å². The molecule has 0 aromatic carbocycles. The maximum Gasteiger partial charge on any atom is 0.574 e. The van der Waals surface area contributed by atoms with Crippen LogP contribution < -0.4 is 15.4 Å². The van der Waals surface area contributed by atoms with Gasteiger partial charge in [-0.05, 0) is 6.92 Å². The molecule has 0 aliphatic carbocycles. The van der Waals surface area contributed by atoms with Gasteiger partial charge in [-0.2, -0.15) is 0 Å². The number of hydrogen-bond donors (Lipinski definition) is 2. The van der Waals surface area contributed by atoms with Gasteiger partial charge in [-0.15, -0.1) is 13.2 Å². The zero-order valence-electron chi connectivity index (χ0n) is 8.33. The monoisotopic (exact) mass is 272 g/mol. The molecular formula is C7H7F3N2O4S. The number of aromatic amines is 1. The normalized spacial score (nSPS) is 12.5. The van der Waals surface area contributed by atoms with E-state index in [1.54, 1.807) is 4.98 Å². The fraction of sp³-hybridized carbons (Fsp3) is 0.286. The minimum Gasteiger partial charge on any atom is -0.390 e. The van der Waals surface area contributed by atoms with Crippen molar-refractivity contribution in [2.75, 3.05) is 0 Å². The van der Waals surface area contributed by atoms with Crippen molar-refractivity contribution < 1.29 is 26.3 Å². The van der Waals surface area contributed by atoms with Crippen LogP contribution in [0.3, 0.4) is 0 Å². The van der Waals surface area contributed by atoms with E-state index in [-0.39, 0.29) is 0 Å². The van der Waals surface area contributed by atoms with Crippen LogP contribution in [0.2, 0.25) is 0 Å². The molecule has 0 spiro atoms. The van der Waals surface area contributed by atoms with Gasteiger partial charge in [-0.1, -0.05) is 0 Å². The molecule has 0 radical (unpaired) electrons. The van der Waals surface area contributed by atoms with E-state index in [9.17, 15) is 26.4 Å². The number of nitrogens with two attached hydrogens (primary N) is 1. The Bertz CT molecular complexity index is 590. The Morgan fingerprint density at radius 2 is 1.94 bits per heavy atom. The molecule has 1 rings (SSSR count). The van der Waals surface area contributed by atoms with Gasteiger partial charge in [0.2, 0.25) is 15.9 Å². The van der Waals surface area contributed by atoms with Crippen molar-refractivity contribution in [2.24, 2.45) is 5.14 Å². The maximum atomic E-state index is 12.0. The van der Waals surface area contributed by atoms with Gasteiger partial charge in [0.25, 0.3) is 5.56 Å². The zero-order valence-corrected chi connectivity index (χ0v) is 9.15. The topological polar surface area (TPSA) is 102 Å². The highest BCUT2D eigenvalue weighted by atomic mass is 32.2. The highest BCUT2D eigenvalue weighted by Gasteiger charge is 2.33. The molecule has 1 aromatic heterocycles. The van der Waals surface area contributed by atoms with Gasteiger partial charge in [-0.25, -0.2) is 13.6 Å². The Hall–Kier alpha value is -1.55. The van der Waals surface area contributed by atoms with Crippen molar-refractivity contribution in [1.82, 2.24) is 4.98 Å². The summed E-state index contributed by atoms with van der Waals surface area (Å²) in [7, 11) is -4.30. The highest BCUT2D eigenvalue weighted by Crippen LogP contribution is 2.25. The van der Waals surface area contributed by atoms with Gasteiger partial charge in [-0.3, -0.25) is 9.78 Å². The van der Waals surface area contributed by atoms with Crippen LogP contribution in [0.15, 0.2) is 15.8 Å². The molecule has 0 amide bonds. The van der Waals surface area contributed by atoms with Crippen molar-refractivity contribution in [3.05, 3.63) is 22.0 Å². The number of hydrogen-bond acceptors (Lipinski definition) is 4. The van der Waals surface area contributed by atoms with E-state index in [0.29, 0.717) is 6.07 Å². The Balaban J connectivity index is 3.45. The third-order valence-corrected chi connectivity index (χ3v) is 2.77. The average Bonchev–Trinajstić information content (AvgIpc) is 2.06. The number of alkyl halides is 3. The Morgan fingerprint density at radius 3 is 2.35 bits per heavy atom. The third-order valence-electron chi connectivity index (χ3n) is 1.73. The highest BCUT2D eigenvalue weighted by molar-refractivity contribution is 7.89. The van der Waals surface area contributed by atoms with Gasteiger partial charge < -0.3 is 4.74 Å². The van der Waals surface area contributed by atoms with E-state index in [2.05, 4.69) is 4.74 Å². The molecule has 0 atom stereocenters. The first kappa shape index (κ1) is 13.5. The minimum atomic E-state index is -5.05. The summed E-state index contributed by atoms with van der Waals surface area (Å²) in [6.07, 6.45) is -5.05. The first-order valence-electron chi connectivity index (χ1n) is 4.03. The number of ether oxygens (including phenoxy) is 1. The summed E-state index contributed by atoms with van der Waals surface area (Å²) in [5.41, 5.74) is -1.50. The van der Waals surface area contributed by atoms with Crippen LogP contribution in [-0.2, 0) is 10.0 Å². The van der Waals surface area contributed by atoms with E-state index in [1.807, 2.05) is 0 Å². The number of sulfonamides is 1. The third kappa shape index (κ3) is 3.46. The fourth-order valence-electron chi connectivity index (χ4n) is 1.09. The van der Waals surface area contributed by atoms with Crippen molar-refractivity contribution in [2.45, 2.75) is 18.2 Å². The SMILES string of the molecule is Cc1c(S(N)(=O)=O)cc(=O)[nH]c1OC(F)(F)F. The van der Waals surface area contributed by atoms with Crippen LogP contribution in [0.25, 0.3) is 0 Å². The lowest BCUT2D eigenvalue weighted by Crippen LogP contribution is -2.24. The lowest BCUT2D eigenvalue weighted by Gasteiger charge is -2.12. The second-order valence-electron chi connectivity index (χ2n) is 3.04. The summed E-state index contributed by atoms with van der Waals surface area (Å²) in [6.45, 7) is 1.02. The molecule has 0 bridgehead atoms. The number of H-pyrrole nitrogens is 1. The lowest BCUT2D eigenvalue weighted by atomic mass is 10.3. The molecule has 3 N–H and O–H groups in total. The summed E-state index contributed by atoms with van der Waals surface area (Å²) in [4.78, 5) is 12.0. The van der Waals surface area contributed by atoms with Crippen molar-refractivity contribution in [3.63, 3.8) is 0 Å². The molecular weight excluding hydrogens is 265 g/mol. The molecule has 0 aliphatic heterocycles. The Kier molecular flexibility index (Phi) is 3.21. The number of primary sulfonamides is 1. The summed E-state index contributed by atoms with van der Waals surface area (Å²) < 4.78 is 61.4. The second kappa shape index (κ2) is 4.04. The van der Waals surface area contributed by atoms with E-state index < -0.39 is 38.3 Å². The Morgan fingerprint density at radius 1 is 1.41 bits per heavy atom. The predicted molar refractivity (Wildman–Crippen MR) is 49.9 cm³/mol. The second-order valence-corrected chi connectivity index (χ2v) is 4.57. The number of halogens is 3. The number of rotatable bonds is 2. The molecule has 0 unspecified atom stereocenters. The molecule has 10 heteroatoms. The molecule has 1 heterocycles. The van der Waals surface area contributed by atoms with Gasteiger partial charge in [0, 0.05) is 11.6 Å². The number of pyridine rings is 1. The van der Waals surface area contributed by atoms with Gasteiger partial charge >= 0.3 is 6.36 Å². The molecule has 0 aliphatic rings. The molecule has 1 aromatic rings. The minimum absolute atomic E-state index is 0.426. The Labute approximate surface area is 93.3 Å². The first-order chi connectivity index (χ1) is 7.50. The van der Waals surface area contributed by atoms with Gasteiger partial charge in [0.1, 0.15) is 0 Å². The first-order valence-corrected chi connectivity index (χ1v) is 5.58. The van der Waals surface area contributed by atoms with Crippen molar-refractivity contribution >= 4 is 10.0 Å². The fourth-order valence-corrected chi connectivity index (χ4v) is 1.89. The average molecular weight is 272 g/mol. The predicted octanol–water partition coefficient (Wildman–Crippen LogP) is 0.229. The van der Waals surface area contributed by atoms with Crippen LogP contribution in [0.4, 0.5) is 13.2 Å². The maximum absolute atomic E-state index is 12.0. The molecule has 0 saturated carbocycles.